The molecule has 0 saturated heterocycles. The van der Waals surface area contributed by atoms with Gasteiger partial charge in [-0.3, -0.25) is 6.79 Å². The number of halogens is 2. The summed E-state index contributed by atoms with van der Waals surface area (Å²) in [6, 6.07) is 44.2. The molecule has 0 saturated carbocycles. The Kier molecular flexibility index (Phi) is 21.8. The van der Waals surface area contributed by atoms with Crippen LogP contribution in [-0.4, -0.2) is 52.0 Å². The molecule has 0 spiro atoms. The van der Waals surface area contributed by atoms with E-state index in [4.69, 9.17) is 4.79 Å². The molecule has 0 fully saturated rings. The molecule has 0 aliphatic heterocycles. The molecule has 0 aliphatic rings. The van der Waals surface area contributed by atoms with Crippen LogP contribution in [-0.2, 0) is 31.6 Å². The van der Waals surface area contributed by atoms with E-state index in [1.807, 2.05) is 0 Å². The quantitative estimate of drug-likeness (QED) is 0.0622. The van der Waals surface area contributed by atoms with Crippen molar-refractivity contribution in [1.82, 2.24) is 5.32 Å². The van der Waals surface area contributed by atoms with Crippen molar-refractivity contribution in [3.05, 3.63) is 121 Å². The summed E-state index contributed by atoms with van der Waals surface area (Å²) in [6.07, 6.45) is 2.41. The molecule has 0 aliphatic carbocycles. The number of rotatable bonds is 11. The Morgan fingerprint density at radius 3 is 1.15 bits per heavy atom. The molecule has 0 radical (unpaired) electrons. The zero-order chi connectivity index (χ0) is 30.1. The maximum atomic E-state index is 10.9. The third-order valence-electron chi connectivity index (χ3n) is 5.93. The van der Waals surface area contributed by atoms with Crippen LogP contribution >= 0.6 is 25.5 Å². The van der Waals surface area contributed by atoms with Crippen LogP contribution in [0.15, 0.2) is 121 Å². The van der Waals surface area contributed by atoms with Crippen molar-refractivity contribution in [3.63, 3.8) is 0 Å². The van der Waals surface area contributed by atoms with Gasteiger partial charge >= 0.3 is 33.0 Å². The number of esters is 1. The Morgan fingerprint density at radius 2 is 0.951 bits per heavy atom. The Morgan fingerprint density at radius 1 is 0.683 bits per heavy atom. The van der Waals surface area contributed by atoms with Crippen LogP contribution in [0.25, 0.3) is 0 Å². The second-order valence-electron chi connectivity index (χ2n) is 8.38. The van der Waals surface area contributed by atoms with Crippen LogP contribution in [0.2, 0.25) is 0 Å². The van der Waals surface area contributed by atoms with Crippen LogP contribution in [0.1, 0.15) is 0 Å². The van der Waals surface area contributed by atoms with E-state index in [2.05, 4.69) is 148 Å². The minimum atomic E-state index is -1.03. The van der Waals surface area contributed by atoms with Gasteiger partial charge in [0.2, 0.25) is 0 Å². The van der Waals surface area contributed by atoms with E-state index < -0.39 is 28.5 Å². The number of alkyl halides is 1. The SMILES string of the molecule is COC(=O)CF.[CH-]=O.[Cl][RuH+2].c1ccc([PH+](CCNCC[PH+](c2ccccc2)c2ccccc2)c2ccccc2)cc1. The molecule has 9 heteroatoms. The molecule has 218 valence electrons. The summed E-state index contributed by atoms with van der Waals surface area (Å²) < 4.78 is 14.8. The van der Waals surface area contributed by atoms with Crippen LogP contribution < -0.4 is 26.5 Å². The molecular formula is C32H38ClFNO3P2Ru+3. The first kappa shape index (κ1) is 36.7. The minimum Gasteiger partial charge on any atom is -0.310 e. The van der Waals surface area contributed by atoms with Crippen molar-refractivity contribution in [2.75, 3.05) is 39.2 Å². The van der Waals surface area contributed by atoms with Gasteiger partial charge in [-0.2, -0.15) is 0 Å². The maximum absolute atomic E-state index is 10.9. The first-order valence-corrected chi connectivity index (χ1v) is 18.7. The number of benzene rings is 4. The number of carbonyl (C=O) groups is 1. The van der Waals surface area contributed by atoms with Crippen LogP contribution in [0.5, 0.6) is 0 Å². The average molecular weight is 702 g/mol. The second kappa shape index (κ2) is 24.3. The normalized spacial score (nSPS) is 9.80. The number of nitrogens with one attached hydrogen (secondary N) is 1. The Hall–Kier alpha value is -2.32. The van der Waals surface area contributed by atoms with E-state index in [1.165, 1.54) is 33.5 Å². The fourth-order valence-corrected chi connectivity index (χ4v) is 9.13. The van der Waals surface area contributed by atoms with E-state index in [0.717, 1.165) is 20.2 Å². The van der Waals surface area contributed by atoms with E-state index >= 15 is 0 Å². The summed E-state index contributed by atoms with van der Waals surface area (Å²) >= 11 is 1.62. The van der Waals surface area contributed by atoms with Crippen LogP contribution in [0.4, 0.5) is 4.39 Å². The zero-order valence-corrected chi connectivity index (χ0v) is 27.6. The topological polar surface area (TPSA) is 55.4 Å². The summed E-state index contributed by atoms with van der Waals surface area (Å²) in [7, 11) is 4.23. The molecule has 4 nitrogen and oxygen atoms in total. The van der Waals surface area contributed by atoms with Gasteiger partial charge in [0.1, 0.15) is 0 Å². The van der Waals surface area contributed by atoms with Crippen LogP contribution in [0.3, 0.4) is 0 Å². The molecule has 0 amide bonds. The maximum Gasteiger partial charge on any atom is 0.0967 e. The molecule has 0 aromatic heterocycles. The smallest absolute Gasteiger partial charge is 0.0967 e. The van der Waals surface area contributed by atoms with Gasteiger partial charge in [0.15, 0.2) is 6.67 Å². The van der Waals surface area contributed by atoms with E-state index in [1.54, 1.807) is 17.3 Å². The third kappa shape index (κ3) is 14.4. The molecule has 4 aromatic carbocycles. The Bertz CT molecular complexity index is 1010. The van der Waals surface area contributed by atoms with Crippen molar-refractivity contribution in [2.24, 2.45) is 0 Å². The first-order valence-electron chi connectivity index (χ1n) is 12.9. The predicted molar refractivity (Wildman–Crippen MR) is 176 cm³/mol. The van der Waals surface area contributed by atoms with Gasteiger partial charge in [-0.15, -0.1) is 0 Å². The van der Waals surface area contributed by atoms with Crippen molar-refractivity contribution >= 4 is 59.5 Å². The summed E-state index contributed by atoms with van der Waals surface area (Å²) in [5.41, 5.74) is 0. The summed E-state index contributed by atoms with van der Waals surface area (Å²) in [4.78, 5) is 17.3. The van der Waals surface area contributed by atoms with Crippen molar-refractivity contribution < 1.29 is 36.0 Å². The second-order valence-corrected chi connectivity index (χ2v) is 13.6. The summed E-state index contributed by atoms with van der Waals surface area (Å²) in [5, 5.41) is 9.77. The standard InChI is InChI=1S/C28H29NP2.C3H5FO2.CHO.ClH.Ru.H/c1-5-13-25(14-6-1)30(26-15-7-2-8-16-26)23-21-29-22-24-31(27-17-9-3-10-18-27)28-19-11-4-12-20-28;1-6-3(5)2-4;1-2;;;/h1-20,29H,21-24H2;2H2,1H3;1H;1H;;/q;;-1;;+3;/p+1. The number of ether oxygens (including phenoxy) is 1. The number of hydrogen-bond donors (Lipinski definition) is 1. The average Bonchev–Trinajstić information content (AvgIpc) is 3.08. The van der Waals surface area contributed by atoms with E-state index in [-0.39, 0.29) is 0 Å². The van der Waals surface area contributed by atoms with Gasteiger partial charge in [-0.1, -0.05) is 72.8 Å². The molecule has 41 heavy (non-hydrogen) atoms. The monoisotopic (exact) mass is 702 g/mol. The molecule has 0 unspecified atom stereocenters. The number of carbonyl (C=O) groups excluding carboxylic acids is 2. The molecular weight excluding hydrogens is 664 g/mol. The van der Waals surface area contributed by atoms with Gasteiger partial charge < -0.3 is 14.8 Å². The third-order valence-corrected chi connectivity index (χ3v) is 11.6. The summed E-state index contributed by atoms with van der Waals surface area (Å²) in [6.45, 7) is 4.35. The Labute approximate surface area is 260 Å². The number of methoxy groups -OCH3 is 1. The minimum absolute atomic E-state index is 0.758. The van der Waals surface area contributed by atoms with E-state index in [9.17, 15) is 9.18 Å². The molecule has 0 heterocycles. The number of hydrogen-bond acceptors (Lipinski definition) is 4. The molecule has 4 aromatic rings. The summed E-state index contributed by atoms with van der Waals surface area (Å²) in [5.74, 6) is -0.824. The molecule has 1 N–H and O–H groups in total. The van der Waals surface area contributed by atoms with Gasteiger partial charge in [-0.05, 0) is 48.5 Å². The fraction of sp³-hybridized carbons (Fsp3) is 0.188. The van der Waals surface area contributed by atoms with Crippen molar-refractivity contribution in [3.8, 4) is 0 Å². The van der Waals surface area contributed by atoms with Gasteiger partial charge in [0, 0.05) is 13.1 Å². The first-order chi connectivity index (χ1) is 20.2. The molecule has 0 bridgehead atoms. The predicted octanol–water partition coefficient (Wildman–Crippen LogP) is 4.58. The van der Waals surface area contributed by atoms with Gasteiger partial charge in [0.05, 0.1) is 56.5 Å². The van der Waals surface area contributed by atoms with Gasteiger partial charge in [-0.25, -0.2) is 9.18 Å². The van der Waals surface area contributed by atoms with Crippen molar-refractivity contribution in [1.29, 1.82) is 0 Å². The Balaban J connectivity index is 0.000000737. The fourth-order valence-electron chi connectivity index (χ4n) is 4.07. The van der Waals surface area contributed by atoms with Crippen molar-refractivity contribution in [2.45, 2.75) is 0 Å². The largest absolute Gasteiger partial charge is 0.310 e. The molecule has 4 rings (SSSR count). The van der Waals surface area contributed by atoms with E-state index in [0.29, 0.717) is 0 Å². The zero-order valence-electron chi connectivity index (χ0n) is 23.0. The van der Waals surface area contributed by atoms with Gasteiger partial charge in [0.25, 0.3) is 0 Å². The van der Waals surface area contributed by atoms with Crippen LogP contribution in [0, 0.1) is 0 Å². The molecule has 0 atom stereocenters.